The smallest absolute Gasteiger partial charge is 0.330 e. The minimum Gasteiger partial charge on any atom is -0.494 e. The lowest BCUT2D eigenvalue weighted by Crippen LogP contribution is -2.05. The molecule has 6 nitrogen and oxygen atoms in total. The molecule has 1 N–H and O–H groups in total. The fraction of sp³-hybridized carbons (Fsp3) is 0.524. The predicted molar refractivity (Wildman–Crippen MR) is 103 cm³/mol. The van der Waals surface area contributed by atoms with E-state index >= 15 is 0 Å². The van der Waals surface area contributed by atoms with Gasteiger partial charge in [-0.2, -0.15) is 0 Å². The molecule has 0 saturated heterocycles. The Morgan fingerprint density at radius 1 is 1.04 bits per heavy atom. The number of aryl methyl sites for hydroxylation is 1. The van der Waals surface area contributed by atoms with Gasteiger partial charge in [-0.3, -0.25) is 4.79 Å². The van der Waals surface area contributed by atoms with E-state index in [9.17, 15) is 9.59 Å². The number of hydrogen-bond donors (Lipinski definition) is 1. The maximum atomic E-state index is 11.4. The summed E-state index contributed by atoms with van der Waals surface area (Å²) >= 11 is 0. The van der Waals surface area contributed by atoms with E-state index in [0.717, 1.165) is 43.2 Å². The summed E-state index contributed by atoms with van der Waals surface area (Å²) in [5.41, 5.74) is 2.04. The minimum absolute atomic E-state index is 0.231. The molecule has 1 aromatic rings. The first kappa shape index (κ1) is 22.7. The number of aliphatic hydroxyl groups excluding tert-OH is 1. The van der Waals surface area contributed by atoms with Crippen molar-refractivity contribution in [2.24, 2.45) is 0 Å². The van der Waals surface area contributed by atoms with Crippen molar-refractivity contribution in [1.29, 1.82) is 0 Å². The molecule has 0 fully saturated rings. The molecule has 1 aromatic carbocycles. The van der Waals surface area contributed by atoms with Crippen LogP contribution < -0.4 is 4.74 Å². The predicted octanol–water partition coefficient (Wildman–Crippen LogP) is 3.30. The molecular formula is C21H30O6. The first-order valence-corrected chi connectivity index (χ1v) is 9.30. The van der Waals surface area contributed by atoms with Gasteiger partial charge in [-0.15, -0.1) is 0 Å². The van der Waals surface area contributed by atoms with Crippen LogP contribution in [0.4, 0.5) is 0 Å². The van der Waals surface area contributed by atoms with Crippen LogP contribution in [-0.2, 0) is 25.5 Å². The Kier molecular flexibility index (Phi) is 11.6. The highest BCUT2D eigenvalue weighted by Gasteiger charge is 2.05. The van der Waals surface area contributed by atoms with Crippen molar-refractivity contribution < 1.29 is 28.9 Å². The maximum Gasteiger partial charge on any atom is 0.330 e. The Morgan fingerprint density at radius 2 is 1.81 bits per heavy atom. The number of aliphatic hydroxyl groups is 1. The van der Waals surface area contributed by atoms with Gasteiger partial charge in [0.25, 0.3) is 0 Å². The summed E-state index contributed by atoms with van der Waals surface area (Å²) in [4.78, 5) is 22.5. The first-order chi connectivity index (χ1) is 13.1. The van der Waals surface area contributed by atoms with E-state index < -0.39 is 5.97 Å². The summed E-state index contributed by atoms with van der Waals surface area (Å²) in [5.74, 6) is 0.0264. The summed E-state index contributed by atoms with van der Waals surface area (Å²) < 4.78 is 15.0. The van der Waals surface area contributed by atoms with Crippen LogP contribution in [0.3, 0.4) is 0 Å². The summed E-state index contributed by atoms with van der Waals surface area (Å²) in [7, 11) is 2.71. The molecular weight excluding hydrogens is 348 g/mol. The van der Waals surface area contributed by atoms with Gasteiger partial charge in [0.05, 0.1) is 20.8 Å². The highest BCUT2D eigenvalue weighted by atomic mass is 16.5. The van der Waals surface area contributed by atoms with Gasteiger partial charge in [-0.05, 0) is 55.0 Å². The van der Waals surface area contributed by atoms with Crippen LogP contribution in [-0.4, -0.2) is 44.5 Å². The van der Waals surface area contributed by atoms with Crippen molar-refractivity contribution >= 4 is 18.0 Å². The van der Waals surface area contributed by atoms with Gasteiger partial charge in [0.2, 0.25) is 0 Å². The normalized spacial score (nSPS) is 10.8. The van der Waals surface area contributed by atoms with Crippen molar-refractivity contribution in [3.8, 4) is 5.75 Å². The number of benzene rings is 1. The van der Waals surface area contributed by atoms with Crippen LogP contribution >= 0.6 is 0 Å². The second-order valence-electron chi connectivity index (χ2n) is 6.13. The topological polar surface area (TPSA) is 82.1 Å². The number of carbonyl (C=O) groups excluding carboxylic acids is 2. The van der Waals surface area contributed by atoms with Gasteiger partial charge in [0.15, 0.2) is 0 Å². The molecule has 27 heavy (non-hydrogen) atoms. The van der Waals surface area contributed by atoms with Crippen LogP contribution in [0.25, 0.3) is 6.08 Å². The van der Waals surface area contributed by atoms with Gasteiger partial charge in [-0.1, -0.05) is 18.9 Å². The van der Waals surface area contributed by atoms with Crippen molar-refractivity contribution in [3.05, 3.63) is 35.4 Å². The maximum absolute atomic E-state index is 11.4. The first-order valence-electron chi connectivity index (χ1n) is 9.30. The second kappa shape index (κ2) is 13.8. The zero-order valence-electron chi connectivity index (χ0n) is 16.2. The molecule has 0 aromatic heterocycles. The van der Waals surface area contributed by atoms with E-state index in [0.29, 0.717) is 25.2 Å². The molecule has 0 heterocycles. The molecule has 1 rings (SSSR count). The van der Waals surface area contributed by atoms with Crippen molar-refractivity contribution in [3.63, 3.8) is 0 Å². The fourth-order valence-electron chi connectivity index (χ4n) is 2.56. The zero-order chi connectivity index (χ0) is 19.9. The average Bonchev–Trinajstić information content (AvgIpc) is 2.69. The molecule has 0 amide bonds. The third-order valence-corrected chi connectivity index (χ3v) is 4.09. The summed E-state index contributed by atoms with van der Waals surface area (Å²) in [6.07, 6.45) is 8.80. The van der Waals surface area contributed by atoms with Crippen molar-refractivity contribution in [2.45, 2.75) is 44.9 Å². The Labute approximate surface area is 161 Å². The Hall–Kier alpha value is -2.34. The van der Waals surface area contributed by atoms with Gasteiger partial charge < -0.3 is 19.3 Å². The molecule has 6 heteroatoms. The van der Waals surface area contributed by atoms with Crippen molar-refractivity contribution in [2.75, 3.05) is 27.4 Å². The molecule has 0 spiro atoms. The van der Waals surface area contributed by atoms with Crippen LogP contribution in [0.5, 0.6) is 5.75 Å². The number of carbonyl (C=O) groups is 2. The third-order valence-electron chi connectivity index (χ3n) is 4.09. The molecule has 0 saturated carbocycles. The summed E-state index contributed by atoms with van der Waals surface area (Å²) in [6, 6.07) is 5.79. The third kappa shape index (κ3) is 9.80. The summed E-state index contributed by atoms with van der Waals surface area (Å²) in [5, 5.41) is 8.84. The van der Waals surface area contributed by atoms with Gasteiger partial charge >= 0.3 is 11.9 Å². The van der Waals surface area contributed by atoms with Gasteiger partial charge in [0, 0.05) is 19.1 Å². The van der Waals surface area contributed by atoms with E-state index in [-0.39, 0.29) is 12.6 Å². The van der Waals surface area contributed by atoms with E-state index in [1.165, 1.54) is 20.3 Å². The molecule has 150 valence electrons. The van der Waals surface area contributed by atoms with E-state index in [2.05, 4.69) is 9.47 Å². The molecule has 0 unspecified atom stereocenters. The van der Waals surface area contributed by atoms with Crippen LogP contribution in [0, 0.1) is 0 Å². The molecule has 0 atom stereocenters. The van der Waals surface area contributed by atoms with Gasteiger partial charge in [0.1, 0.15) is 5.75 Å². The monoisotopic (exact) mass is 378 g/mol. The molecule has 0 aliphatic heterocycles. The van der Waals surface area contributed by atoms with Crippen LogP contribution in [0.15, 0.2) is 24.3 Å². The number of methoxy groups -OCH3 is 2. The van der Waals surface area contributed by atoms with Crippen molar-refractivity contribution in [1.82, 2.24) is 0 Å². The second-order valence-corrected chi connectivity index (χ2v) is 6.13. The molecule has 0 bridgehead atoms. The minimum atomic E-state index is -0.409. The SMILES string of the molecule is COC(=O)/C=C/c1cc(OCCCC(=O)OC)ccc1CCCCCCO. The molecule has 0 radical (unpaired) electrons. The lowest BCUT2D eigenvalue weighted by molar-refractivity contribution is -0.140. The lowest BCUT2D eigenvalue weighted by Gasteiger charge is -2.11. The number of rotatable bonds is 13. The Balaban J connectivity index is 2.70. The summed E-state index contributed by atoms with van der Waals surface area (Å²) in [6.45, 7) is 0.644. The standard InChI is InChI=1S/C21H30O6/c1-25-20(23)9-7-15-27-19-12-10-17(8-5-3-4-6-14-22)18(16-19)11-13-21(24)26-2/h10-13,16,22H,3-9,14-15H2,1-2H3/b13-11+. The van der Waals surface area contributed by atoms with E-state index in [4.69, 9.17) is 9.84 Å². The van der Waals surface area contributed by atoms with E-state index in [1.54, 1.807) is 6.08 Å². The van der Waals surface area contributed by atoms with Crippen LogP contribution in [0.2, 0.25) is 0 Å². The fourth-order valence-corrected chi connectivity index (χ4v) is 2.56. The highest BCUT2D eigenvalue weighted by Crippen LogP contribution is 2.22. The quantitative estimate of drug-likeness (QED) is 0.322. The lowest BCUT2D eigenvalue weighted by atomic mass is 10.00. The van der Waals surface area contributed by atoms with Crippen LogP contribution in [0.1, 0.15) is 49.7 Å². The largest absolute Gasteiger partial charge is 0.494 e. The average molecular weight is 378 g/mol. The number of hydrogen-bond acceptors (Lipinski definition) is 6. The number of esters is 2. The highest BCUT2D eigenvalue weighted by molar-refractivity contribution is 5.87. The number of ether oxygens (including phenoxy) is 3. The zero-order valence-corrected chi connectivity index (χ0v) is 16.2. The van der Waals surface area contributed by atoms with E-state index in [1.807, 2.05) is 18.2 Å². The Bertz CT molecular complexity index is 609. The molecule has 0 aliphatic rings. The van der Waals surface area contributed by atoms with Gasteiger partial charge in [-0.25, -0.2) is 4.79 Å². The molecule has 0 aliphatic carbocycles. The number of unbranched alkanes of at least 4 members (excludes halogenated alkanes) is 3. The Morgan fingerprint density at radius 3 is 2.52 bits per heavy atom.